The molecule has 39 heavy (non-hydrogen) atoms. The van der Waals surface area contributed by atoms with Crippen LogP contribution in [0.3, 0.4) is 0 Å². The van der Waals surface area contributed by atoms with E-state index in [1.807, 2.05) is 33.0 Å². The van der Waals surface area contributed by atoms with Gasteiger partial charge in [0.15, 0.2) is 0 Å². The summed E-state index contributed by atoms with van der Waals surface area (Å²) >= 11 is 0. The number of H-pyrrole nitrogens is 1. The van der Waals surface area contributed by atoms with E-state index in [4.69, 9.17) is 4.74 Å². The molecule has 0 bridgehead atoms. The highest BCUT2D eigenvalue weighted by molar-refractivity contribution is 6.00. The largest absolute Gasteiger partial charge is 0.361 e. The van der Waals surface area contributed by atoms with Gasteiger partial charge in [-0.25, -0.2) is 0 Å². The first-order chi connectivity index (χ1) is 18.5. The van der Waals surface area contributed by atoms with Crippen molar-refractivity contribution in [2.75, 3.05) is 20.1 Å². The predicted molar refractivity (Wildman–Crippen MR) is 143 cm³/mol. The van der Waals surface area contributed by atoms with Crippen LogP contribution in [-0.2, 0) is 25.5 Å². The van der Waals surface area contributed by atoms with Crippen molar-refractivity contribution < 1.29 is 24.2 Å². The van der Waals surface area contributed by atoms with Gasteiger partial charge >= 0.3 is 0 Å². The zero-order chi connectivity index (χ0) is 27.4. The summed E-state index contributed by atoms with van der Waals surface area (Å²) in [4.78, 5) is 49.4. The fourth-order valence-corrected chi connectivity index (χ4v) is 7.63. The van der Waals surface area contributed by atoms with Crippen molar-refractivity contribution in [3.63, 3.8) is 0 Å². The molecule has 6 atom stereocenters. The highest BCUT2D eigenvalue weighted by atomic mass is 16.7. The average Bonchev–Trinajstić information content (AvgIpc) is 3.59. The van der Waals surface area contributed by atoms with Crippen LogP contribution in [0.5, 0.6) is 0 Å². The number of nitrogens with zero attached hydrogens (tertiary/aromatic N) is 3. The van der Waals surface area contributed by atoms with Crippen molar-refractivity contribution in [2.45, 2.75) is 69.8 Å². The summed E-state index contributed by atoms with van der Waals surface area (Å²) in [6.07, 6.45) is 6.19. The van der Waals surface area contributed by atoms with E-state index in [0.29, 0.717) is 19.5 Å². The lowest BCUT2D eigenvalue weighted by Gasteiger charge is -2.49. The summed E-state index contributed by atoms with van der Waals surface area (Å²) in [5.74, 6) is -3.87. The maximum absolute atomic E-state index is 13.9. The molecule has 4 aliphatic heterocycles. The molecule has 3 saturated heterocycles. The van der Waals surface area contributed by atoms with Gasteiger partial charge in [-0.1, -0.05) is 32.1 Å². The molecular weight excluding hydrogens is 498 g/mol. The number of aromatic amines is 1. The molecule has 1 aromatic heterocycles. The van der Waals surface area contributed by atoms with Crippen LogP contribution in [0.1, 0.15) is 44.7 Å². The standard InChI is InChI=1S/C29H35N5O5/c1-15(2)24-26(36)33-10-6-9-22(33)29(38)34(24)27(37)28(3,39-29)31-25(35)17-11-19-18-7-5-8-20-23(18)16(13-30-20)12-21(19)32(4)14-17/h5,7-8,11,13,15,17,21-22,24,30,38H,6,9-10,12,14H2,1-4H3,(H,31,35)/t17-,21-,22-,24-,28+,29?/m1/s1. The van der Waals surface area contributed by atoms with Crippen LogP contribution < -0.4 is 5.32 Å². The summed E-state index contributed by atoms with van der Waals surface area (Å²) in [5.41, 5.74) is 2.78. The van der Waals surface area contributed by atoms with Gasteiger partial charge in [0.25, 0.3) is 11.8 Å². The van der Waals surface area contributed by atoms with Gasteiger partial charge < -0.3 is 20.3 Å². The Morgan fingerprint density at radius 2 is 2.08 bits per heavy atom. The minimum Gasteiger partial charge on any atom is -0.361 e. The van der Waals surface area contributed by atoms with Crippen molar-refractivity contribution in [3.05, 3.63) is 41.6 Å². The Balaban J connectivity index is 1.21. The normalized spacial score (nSPS) is 35.8. The first kappa shape index (κ1) is 24.8. The highest BCUT2D eigenvalue weighted by Gasteiger charge is 2.70. The molecule has 3 fully saturated rings. The molecule has 10 nitrogen and oxygen atoms in total. The van der Waals surface area contributed by atoms with Crippen LogP contribution in [-0.4, -0.2) is 92.4 Å². The number of likely N-dealkylation sites (N-methyl/N-ethyl adjacent to an activating group) is 1. The zero-order valence-electron chi connectivity index (χ0n) is 22.7. The van der Waals surface area contributed by atoms with Crippen molar-refractivity contribution in [1.82, 2.24) is 25.0 Å². The van der Waals surface area contributed by atoms with Gasteiger partial charge in [-0.15, -0.1) is 0 Å². The van der Waals surface area contributed by atoms with E-state index in [0.717, 1.165) is 29.5 Å². The zero-order valence-corrected chi connectivity index (χ0v) is 22.7. The van der Waals surface area contributed by atoms with Gasteiger partial charge in [0.05, 0.1) is 5.92 Å². The Bertz CT molecular complexity index is 1450. The Morgan fingerprint density at radius 3 is 2.85 bits per heavy atom. The molecule has 0 radical (unpaired) electrons. The molecule has 3 N–H and O–H groups in total. The molecular formula is C29H35N5O5. The van der Waals surface area contributed by atoms with Gasteiger partial charge in [0.1, 0.15) is 12.1 Å². The highest BCUT2D eigenvalue weighted by Crippen LogP contribution is 2.47. The first-order valence-electron chi connectivity index (χ1n) is 13.9. The third kappa shape index (κ3) is 3.28. The van der Waals surface area contributed by atoms with E-state index < -0.39 is 35.5 Å². The van der Waals surface area contributed by atoms with Crippen molar-refractivity contribution in [1.29, 1.82) is 0 Å². The lowest BCUT2D eigenvalue weighted by Crippen LogP contribution is -2.72. The second kappa shape index (κ2) is 8.16. The van der Waals surface area contributed by atoms with Crippen molar-refractivity contribution in [2.24, 2.45) is 11.8 Å². The average molecular weight is 534 g/mol. The number of hydrogen-bond acceptors (Lipinski definition) is 6. The van der Waals surface area contributed by atoms with Crippen LogP contribution in [0.25, 0.3) is 16.5 Å². The summed E-state index contributed by atoms with van der Waals surface area (Å²) in [6, 6.07) is 4.81. The van der Waals surface area contributed by atoms with E-state index >= 15 is 0 Å². The number of hydrogen-bond donors (Lipinski definition) is 3. The number of fused-ring (bicyclic) bond motifs is 5. The summed E-state index contributed by atoms with van der Waals surface area (Å²) in [6.45, 7) is 6.18. The number of amides is 3. The van der Waals surface area contributed by atoms with Crippen LogP contribution in [0, 0.1) is 11.8 Å². The smallest absolute Gasteiger partial charge is 0.280 e. The minimum absolute atomic E-state index is 0.156. The molecule has 1 aliphatic carbocycles. The molecule has 2 aromatic rings. The maximum Gasteiger partial charge on any atom is 0.280 e. The summed E-state index contributed by atoms with van der Waals surface area (Å²) < 4.78 is 6.14. The Morgan fingerprint density at radius 1 is 1.28 bits per heavy atom. The lowest BCUT2D eigenvalue weighted by atomic mass is 9.79. The van der Waals surface area contributed by atoms with E-state index in [9.17, 15) is 19.5 Å². The van der Waals surface area contributed by atoms with Crippen LogP contribution >= 0.6 is 0 Å². The molecule has 5 heterocycles. The lowest BCUT2D eigenvalue weighted by molar-refractivity contribution is -0.317. The van der Waals surface area contributed by atoms with Crippen LogP contribution in [0.15, 0.2) is 30.5 Å². The number of carbonyl (C=O) groups excluding carboxylic acids is 3. The number of ether oxygens (including phenoxy) is 1. The molecule has 7 rings (SSSR count). The second-order valence-corrected chi connectivity index (χ2v) is 12.3. The predicted octanol–water partition coefficient (Wildman–Crippen LogP) is 1.40. The quantitative estimate of drug-likeness (QED) is 0.549. The number of rotatable bonds is 3. The third-order valence-corrected chi connectivity index (χ3v) is 9.43. The van der Waals surface area contributed by atoms with Crippen LogP contribution in [0.4, 0.5) is 0 Å². The number of nitrogens with one attached hydrogen (secondary N) is 2. The Kier molecular flexibility index (Phi) is 5.19. The topological polar surface area (TPSA) is 118 Å². The third-order valence-electron chi connectivity index (χ3n) is 9.43. The fraction of sp³-hybridized carbons (Fsp3) is 0.552. The number of aliphatic hydroxyl groups is 1. The molecule has 3 amide bonds. The number of benzene rings is 1. The molecule has 1 aromatic carbocycles. The summed E-state index contributed by atoms with van der Waals surface area (Å²) in [5, 5.41) is 15.9. The molecule has 0 spiro atoms. The van der Waals surface area contributed by atoms with Gasteiger partial charge in [0, 0.05) is 36.2 Å². The van der Waals surface area contributed by atoms with E-state index in [1.165, 1.54) is 22.8 Å². The second-order valence-electron chi connectivity index (χ2n) is 12.3. The van der Waals surface area contributed by atoms with Crippen molar-refractivity contribution >= 4 is 34.2 Å². The van der Waals surface area contributed by atoms with Gasteiger partial charge in [0.2, 0.25) is 17.5 Å². The van der Waals surface area contributed by atoms with Crippen LogP contribution in [0.2, 0.25) is 0 Å². The number of aromatic nitrogens is 1. The molecule has 1 unspecified atom stereocenters. The SMILES string of the molecule is CC(C)[C@@H]1C(=O)N2CCC[C@@H]2C2(O)O[C@](C)(NC(=O)[C@@H]3C=C4c5cccc6[nH]cc(c56)C[C@H]4N(C)C3)C(=O)N12. The van der Waals surface area contributed by atoms with E-state index in [1.54, 1.807) is 4.90 Å². The number of piperazine rings is 1. The molecule has 206 valence electrons. The Hall–Kier alpha value is -3.21. The Labute approximate surface area is 226 Å². The monoisotopic (exact) mass is 533 g/mol. The minimum atomic E-state index is -1.99. The van der Waals surface area contributed by atoms with Gasteiger partial charge in [-0.2, -0.15) is 0 Å². The maximum atomic E-state index is 13.9. The van der Waals surface area contributed by atoms with Gasteiger partial charge in [-0.05, 0) is 61.9 Å². The van der Waals surface area contributed by atoms with Gasteiger partial charge in [-0.3, -0.25) is 28.9 Å². The van der Waals surface area contributed by atoms with E-state index in [2.05, 4.69) is 33.5 Å². The molecule has 0 saturated carbocycles. The summed E-state index contributed by atoms with van der Waals surface area (Å²) in [7, 11) is 2.02. The molecule has 5 aliphatic rings. The number of carbonyl (C=O) groups is 3. The van der Waals surface area contributed by atoms with E-state index in [-0.39, 0.29) is 23.8 Å². The van der Waals surface area contributed by atoms with Crippen molar-refractivity contribution in [3.8, 4) is 0 Å². The first-order valence-corrected chi connectivity index (χ1v) is 13.9. The fourth-order valence-electron chi connectivity index (χ4n) is 7.63. The molecule has 10 heteroatoms.